The molecule has 2 N–H and O–H groups in total. The molecule has 0 saturated carbocycles. The summed E-state index contributed by atoms with van der Waals surface area (Å²) in [6, 6.07) is 3.95. The molecule has 1 aromatic heterocycles. The largest absolute Gasteiger partial charge is 0.486 e. The molecule has 2 aromatic rings. The molecule has 5 nitrogen and oxygen atoms in total. The van der Waals surface area contributed by atoms with Crippen molar-refractivity contribution in [2.75, 3.05) is 18.9 Å². The molecule has 0 bridgehead atoms. The Kier molecular flexibility index (Phi) is 2.40. The van der Waals surface area contributed by atoms with Gasteiger partial charge in [-0.25, -0.2) is 0 Å². The van der Waals surface area contributed by atoms with Crippen LogP contribution in [-0.4, -0.2) is 23.0 Å². The van der Waals surface area contributed by atoms with Crippen LogP contribution in [0, 0.1) is 6.92 Å². The highest BCUT2D eigenvalue weighted by Crippen LogP contribution is 2.38. The van der Waals surface area contributed by atoms with E-state index in [2.05, 4.69) is 5.10 Å². The Morgan fingerprint density at radius 1 is 1.17 bits per heavy atom. The highest BCUT2D eigenvalue weighted by atomic mass is 16.6. The number of nitrogen functional groups attached to an aromatic ring is 1. The summed E-state index contributed by atoms with van der Waals surface area (Å²) in [4.78, 5) is 0. The maximum Gasteiger partial charge on any atom is 0.162 e. The Balaban J connectivity index is 2.15. The fraction of sp³-hybridized carbons (Fsp3) is 0.308. The number of nitrogens with two attached hydrogens (primary N) is 1. The summed E-state index contributed by atoms with van der Waals surface area (Å²) in [5.41, 5.74) is 8.97. The Morgan fingerprint density at radius 3 is 2.44 bits per heavy atom. The van der Waals surface area contributed by atoms with E-state index in [1.807, 2.05) is 32.3 Å². The third kappa shape index (κ3) is 1.68. The van der Waals surface area contributed by atoms with E-state index in [-0.39, 0.29) is 0 Å². The zero-order chi connectivity index (χ0) is 12.7. The summed E-state index contributed by atoms with van der Waals surface area (Å²) >= 11 is 0. The molecule has 3 rings (SSSR count). The fourth-order valence-electron chi connectivity index (χ4n) is 2.19. The molecular formula is C13H15N3O2. The minimum absolute atomic E-state index is 0.525. The molecule has 0 atom stereocenters. The average molecular weight is 245 g/mol. The van der Waals surface area contributed by atoms with E-state index >= 15 is 0 Å². The maximum absolute atomic E-state index is 5.91. The van der Waals surface area contributed by atoms with Crippen LogP contribution >= 0.6 is 0 Å². The molecule has 0 unspecified atom stereocenters. The number of hydrogen-bond acceptors (Lipinski definition) is 4. The first-order chi connectivity index (χ1) is 8.65. The normalized spacial score (nSPS) is 13.7. The smallest absolute Gasteiger partial charge is 0.162 e. The predicted octanol–water partition coefficient (Wildman–Crippen LogP) is 1.75. The van der Waals surface area contributed by atoms with Gasteiger partial charge in [0.15, 0.2) is 17.3 Å². The maximum atomic E-state index is 5.91. The minimum Gasteiger partial charge on any atom is -0.486 e. The number of aromatic nitrogens is 2. The Labute approximate surface area is 105 Å². The number of benzene rings is 1. The van der Waals surface area contributed by atoms with E-state index in [1.165, 1.54) is 0 Å². The molecule has 94 valence electrons. The van der Waals surface area contributed by atoms with Crippen LogP contribution < -0.4 is 15.2 Å². The molecule has 5 heteroatoms. The number of aryl methyl sites for hydroxylation is 2. The van der Waals surface area contributed by atoms with Crippen molar-refractivity contribution in [3.8, 4) is 22.6 Å². The van der Waals surface area contributed by atoms with Gasteiger partial charge < -0.3 is 15.2 Å². The van der Waals surface area contributed by atoms with Gasteiger partial charge in [-0.1, -0.05) is 0 Å². The SMILES string of the molecule is Cc1cc2c(cc1-c1cn(C)nc1N)OCCO2. The van der Waals surface area contributed by atoms with E-state index in [4.69, 9.17) is 15.2 Å². The molecule has 0 spiro atoms. The second-order valence-corrected chi connectivity index (χ2v) is 4.41. The first kappa shape index (κ1) is 11.0. The number of fused-ring (bicyclic) bond motifs is 1. The van der Waals surface area contributed by atoms with Gasteiger partial charge in [-0.2, -0.15) is 5.10 Å². The Morgan fingerprint density at radius 2 is 1.83 bits per heavy atom. The summed E-state index contributed by atoms with van der Waals surface area (Å²) in [7, 11) is 1.85. The van der Waals surface area contributed by atoms with Gasteiger partial charge in [0.1, 0.15) is 13.2 Å². The second kappa shape index (κ2) is 3.94. The average Bonchev–Trinajstić information content (AvgIpc) is 2.67. The molecule has 0 aliphatic carbocycles. The van der Waals surface area contributed by atoms with Gasteiger partial charge in [0.05, 0.1) is 0 Å². The molecule has 2 heterocycles. The van der Waals surface area contributed by atoms with E-state index in [1.54, 1.807) is 4.68 Å². The lowest BCUT2D eigenvalue weighted by molar-refractivity contribution is 0.171. The number of nitrogens with zero attached hydrogens (tertiary/aromatic N) is 2. The highest BCUT2D eigenvalue weighted by molar-refractivity contribution is 5.78. The van der Waals surface area contributed by atoms with Gasteiger partial charge in [0.2, 0.25) is 0 Å². The van der Waals surface area contributed by atoms with Crippen molar-refractivity contribution in [3.05, 3.63) is 23.9 Å². The second-order valence-electron chi connectivity index (χ2n) is 4.41. The van der Waals surface area contributed by atoms with E-state index in [0.717, 1.165) is 28.2 Å². The zero-order valence-electron chi connectivity index (χ0n) is 10.4. The molecule has 0 saturated heterocycles. The van der Waals surface area contributed by atoms with Crippen molar-refractivity contribution in [1.82, 2.24) is 9.78 Å². The summed E-state index contributed by atoms with van der Waals surface area (Å²) in [6.07, 6.45) is 1.91. The Bertz CT molecular complexity index is 605. The van der Waals surface area contributed by atoms with Gasteiger partial charge in [0.25, 0.3) is 0 Å². The van der Waals surface area contributed by atoms with Gasteiger partial charge in [-0.3, -0.25) is 4.68 Å². The lowest BCUT2D eigenvalue weighted by atomic mass is 10.0. The van der Waals surface area contributed by atoms with Crippen LogP contribution in [0.1, 0.15) is 5.56 Å². The lowest BCUT2D eigenvalue weighted by Gasteiger charge is -2.20. The minimum atomic E-state index is 0.525. The van der Waals surface area contributed by atoms with E-state index in [0.29, 0.717) is 19.0 Å². The molecule has 0 radical (unpaired) electrons. The molecular weight excluding hydrogens is 230 g/mol. The van der Waals surface area contributed by atoms with Crippen molar-refractivity contribution in [2.24, 2.45) is 7.05 Å². The predicted molar refractivity (Wildman–Crippen MR) is 68.8 cm³/mol. The summed E-state index contributed by atoms with van der Waals surface area (Å²) in [5.74, 6) is 2.09. The monoisotopic (exact) mass is 245 g/mol. The summed E-state index contributed by atoms with van der Waals surface area (Å²) < 4.78 is 12.9. The third-order valence-corrected chi connectivity index (χ3v) is 3.04. The van der Waals surface area contributed by atoms with Gasteiger partial charge in [0, 0.05) is 18.8 Å². The van der Waals surface area contributed by atoms with Gasteiger partial charge >= 0.3 is 0 Å². The molecule has 0 fully saturated rings. The van der Waals surface area contributed by atoms with Crippen molar-refractivity contribution in [1.29, 1.82) is 0 Å². The molecule has 1 aliphatic heterocycles. The van der Waals surface area contributed by atoms with Crippen molar-refractivity contribution < 1.29 is 9.47 Å². The summed E-state index contributed by atoms with van der Waals surface area (Å²) in [5, 5.41) is 4.16. The van der Waals surface area contributed by atoms with Crippen molar-refractivity contribution in [3.63, 3.8) is 0 Å². The number of anilines is 1. The topological polar surface area (TPSA) is 62.3 Å². The van der Waals surface area contributed by atoms with E-state index in [9.17, 15) is 0 Å². The number of rotatable bonds is 1. The molecule has 1 aliphatic rings. The molecule has 18 heavy (non-hydrogen) atoms. The lowest BCUT2D eigenvalue weighted by Crippen LogP contribution is -2.15. The quantitative estimate of drug-likeness (QED) is 0.831. The van der Waals surface area contributed by atoms with Gasteiger partial charge in [-0.15, -0.1) is 0 Å². The standard InChI is InChI=1S/C13H15N3O2/c1-8-5-11-12(18-4-3-17-11)6-9(8)10-7-16(2)15-13(10)14/h5-7H,3-4H2,1-2H3,(H2,14,15). The highest BCUT2D eigenvalue weighted by Gasteiger charge is 2.17. The molecule has 1 aromatic carbocycles. The van der Waals surface area contributed by atoms with Crippen LogP contribution in [0.5, 0.6) is 11.5 Å². The van der Waals surface area contributed by atoms with Crippen LogP contribution in [0.15, 0.2) is 18.3 Å². The van der Waals surface area contributed by atoms with Crippen molar-refractivity contribution >= 4 is 5.82 Å². The van der Waals surface area contributed by atoms with Crippen LogP contribution in [0.4, 0.5) is 5.82 Å². The zero-order valence-corrected chi connectivity index (χ0v) is 10.4. The first-order valence-corrected chi connectivity index (χ1v) is 5.85. The van der Waals surface area contributed by atoms with Crippen LogP contribution in [0.25, 0.3) is 11.1 Å². The van der Waals surface area contributed by atoms with Crippen LogP contribution in [-0.2, 0) is 7.05 Å². The third-order valence-electron chi connectivity index (χ3n) is 3.04. The fourth-order valence-corrected chi connectivity index (χ4v) is 2.19. The van der Waals surface area contributed by atoms with Crippen LogP contribution in [0.3, 0.4) is 0 Å². The number of hydrogen-bond donors (Lipinski definition) is 1. The summed E-state index contributed by atoms with van der Waals surface area (Å²) in [6.45, 7) is 3.21. The Hall–Kier alpha value is -2.17. The van der Waals surface area contributed by atoms with Gasteiger partial charge in [-0.05, 0) is 30.2 Å². The first-order valence-electron chi connectivity index (χ1n) is 5.85. The van der Waals surface area contributed by atoms with Crippen LogP contribution in [0.2, 0.25) is 0 Å². The molecule has 0 amide bonds. The number of ether oxygens (including phenoxy) is 2. The van der Waals surface area contributed by atoms with E-state index < -0.39 is 0 Å². The van der Waals surface area contributed by atoms with Crippen molar-refractivity contribution in [2.45, 2.75) is 6.92 Å².